The summed E-state index contributed by atoms with van der Waals surface area (Å²) in [4.78, 5) is 27.1. The van der Waals surface area contributed by atoms with E-state index in [1.54, 1.807) is 4.90 Å². The predicted octanol–water partition coefficient (Wildman–Crippen LogP) is 2.29. The number of hydrogen-bond acceptors (Lipinski definition) is 3. The van der Waals surface area contributed by atoms with E-state index in [9.17, 15) is 9.59 Å². The van der Waals surface area contributed by atoms with E-state index in [1.807, 2.05) is 48.5 Å². The zero-order chi connectivity index (χ0) is 17.2. The van der Waals surface area contributed by atoms with Crippen LogP contribution in [0.25, 0.3) is 0 Å². The Labute approximate surface area is 146 Å². The molecule has 4 rings (SSSR count). The molecular formula is C20H20N2O3. The fourth-order valence-electron chi connectivity index (χ4n) is 3.55. The first-order valence-electron chi connectivity index (χ1n) is 8.60. The zero-order valence-electron chi connectivity index (χ0n) is 13.9. The lowest BCUT2D eigenvalue weighted by Gasteiger charge is -2.21. The summed E-state index contributed by atoms with van der Waals surface area (Å²) in [6.07, 6.45) is 1.35. The highest BCUT2D eigenvalue weighted by atomic mass is 16.5. The van der Waals surface area contributed by atoms with Gasteiger partial charge in [-0.2, -0.15) is 0 Å². The van der Waals surface area contributed by atoms with Gasteiger partial charge in [0.1, 0.15) is 6.04 Å². The molecule has 2 aromatic rings. The van der Waals surface area contributed by atoms with Gasteiger partial charge in [-0.15, -0.1) is 0 Å². The summed E-state index contributed by atoms with van der Waals surface area (Å²) < 4.78 is 5.45. The van der Waals surface area contributed by atoms with Crippen LogP contribution in [0.3, 0.4) is 0 Å². The third-order valence-electron chi connectivity index (χ3n) is 4.85. The normalized spacial score (nSPS) is 19.6. The van der Waals surface area contributed by atoms with Gasteiger partial charge >= 0.3 is 0 Å². The standard InChI is InChI=1S/C20H20N2O3/c23-19(17-8-4-5-14-13-25-12-10-16(14)17)21-18-9-11-22(20(18)24)15-6-2-1-3-7-15/h1-8,18H,9-13H2,(H,21,23). The Balaban J connectivity index is 1.50. The largest absolute Gasteiger partial charge is 0.376 e. The molecule has 1 fully saturated rings. The maximum atomic E-state index is 12.7. The number of hydrogen-bond donors (Lipinski definition) is 1. The summed E-state index contributed by atoms with van der Waals surface area (Å²) in [5, 5.41) is 2.92. The number of ether oxygens (including phenoxy) is 1. The maximum absolute atomic E-state index is 12.7. The first-order valence-corrected chi connectivity index (χ1v) is 8.60. The highest BCUT2D eigenvalue weighted by molar-refractivity contribution is 6.04. The lowest BCUT2D eigenvalue weighted by molar-refractivity contribution is -0.118. The molecule has 0 saturated carbocycles. The third-order valence-corrected chi connectivity index (χ3v) is 4.85. The van der Waals surface area contributed by atoms with Crippen LogP contribution in [-0.2, 0) is 22.6 Å². The van der Waals surface area contributed by atoms with Crippen molar-refractivity contribution in [3.63, 3.8) is 0 Å². The summed E-state index contributed by atoms with van der Waals surface area (Å²) in [5.41, 5.74) is 3.63. The molecule has 1 unspecified atom stereocenters. The van der Waals surface area contributed by atoms with Crippen molar-refractivity contribution in [3.05, 3.63) is 65.2 Å². The van der Waals surface area contributed by atoms with Gasteiger partial charge in [-0.05, 0) is 42.2 Å². The summed E-state index contributed by atoms with van der Waals surface area (Å²) in [5.74, 6) is -0.223. The van der Waals surface area contributed by atoms with Crippen LogP contribution in [-0.4, -0.2) is 31.0 Å². The average molecular weight is 336 g/mol. The van der Waals surface area contributed by atoms with Gasteiger partial charge in [-0.25, -0.2) is 0 Å². The smallest absolute Gasteiger partial charge is 0.252 e. The van der Waals surface area contributed by atoms with E-state index in [4.69, 9.17) is 4.74 Å². The van der Waals surface area contributed by atoms with Crippen molar-refractivity contribution in [1.29, 1.82) is 0 Å². The first kappa shape index (κ1) is 15.8. The van der Waals surface area contributed by atoms with Crippen molar-refractivity contribution in [1.82, 2.24) is 5.32 Å². The molecule has 0 bridgehead atoms. The lowest BCUT2D eigenvalue weighted by Crippen LogP contribution is -2.42. The van der Waals surface area contributed by atoms with Crippen molar-refractivity contribution in [3.8, 4) is 0 Å². The molecule has 0 radical (unpaired) electrons. The monoisotopic (exact) mass is 336 g/mol. The molecular weight excluding hydrogens is 316 g/mol. The number of anilines is 1. The van der Waals surface area contributed by atoms with Crippen LogP contribution in [0.2, 0.25) is 0 Å². The van der Waals surface area contributed by atoms with Crippen molar-refractivity contribution in [2.24, 2.45) is 0 Å². The van der Waals surface area contributed by atoms with Crippen LogP contribution in [0, 0.1) is 0 Å². The zero-order valence-corrected chi connectivity index (χ0v) is 13.9. The minimum atomic E-state index is -0.469. The molecule has 2 amide bonds. The number of carbonyl (C=O) groups excluding carboxylic acids is 2. The Kier molecular flexibility index (Phi) is 4.24. The number of fused-ring (bicyclic) bond motifs is 1. The van der Waals surface area contributed by atoms with E-state index in [-0.39, 0.29) is 11.8 Å². The number of benzene rings is 2. The fourth-order valence-corrected chi connectivity index (χ4v) is 3.55. The number of nitrogens with one attached hydrogen (secondary N) is 1. The van der Waals surface area contributed by atoms with Crippen molar-refractivity contribution >= 4 is 17.5 Å². The molecule has 2 aromatic carbocycles. The van der Waals surface area contributed by atoms with Crippen LogP contribution >= 0.6 is 0 Å². The Morgan fingerprint density at radius 3 is 2.80 bits per heavy atom. The van der Waals surface area contributed by atoms with E-state index < -0.39 is 6.04 Å². The maximum Gasteiger partial charge on any atom is 0.252 e. The number of rotatable bonds is 3. The molecule has 2 aliphatic rings. The second kappa shape index (κ2) is 6.69. The number of para-hydroxylation sites is 1. The fraction of sp³-hybridized carbons (Fsp3) is 0.300. The number of amides is 2. The Morgan fingerprint density at radius 1 is 1.12 bits per heavy atom. The van der Waals surface area contributed by atoms with Gasteiger partial charge < -0.3 is 15.0 Å². The van der Waals surface area contributed by atoms with Gasteiger partial charge in [0.2, 0.25) is 5.91 Å². The molecule has 2 heterocycles. The summed E-state index contributed by atoms with van der Waals surface area (Å²) in [7, 11) is 0. The van der Waals surface area contributed by atoms with E-state index >= 15 is 0 Å². The molecule has 0 spiro atoms. The molecule has 25 heavy (non-hydrogen) atoms. The molecule has 0 aromatic heterocycles. The van der Waals surface area contributed by atoms with E-state index in [1.165, 1.54) is 0 Å². The highest BCUT2D eigenvalue weighted by Crippen LogP contribution is 2.23. The molecule has 2 aliphatic heterocycles. The minimum absolute atomic E-state index is 0.0484. The Bertz CT molecular complexity index is 804. The SMILES string of the molecule is O=C(NC1CCN(c2ccccc2)C1=O)c1cccc2c1CCOC2. The molecule has 1 atom stereocenters. The van der Waals surface area contributed by atoms with E-state index in [2.05, 4.69) is 5.32 Å². The third kappa shape index (κ3) is 3.03. The van der Waals surface area contributed by atoms with Crippen LogP contribution in [0.1, 0.15) is 27.9 Å². The van der Waals surface area contributed by atoms with Gasteiger partial charge in [0.25, 0.3) is 5.91 Å². The van der Waals surface area contributed by atoms with Crippen LogP contribution < -0.4 is 10.2 Å². The number of carbonyl (C=O) groups is 2. The Morgan fingerprint density at radius 2 is 1.96 bits per heavy atom. The van der Waals surface area contributed by atoms with Gasteiger partial charge in [-0.3, -0.25) is 9.59 Å². The summed E-state index contributed by atoms with van der Waals surface area (Å²) in [6.45, 7) is 1.79. The molecule has 0 aliphatic carbocycles. The summed E-state index contributed by atoms with van der Waals surface area (Å²) in [6, 6.07) is 14.8. The quantitative estimate of drug-likeness (QED) is 0.936. The van der Waals surface area contributed by atoms with Crippen molar-refractivity contribution < 1.29 is 14.3 Å². The highest BCUT2D eigenvalue weighted by Gasteiger charge is 2.34. The molecule has 1 saturated heterocycles. The molecule has 1 N–H and O–H groups in total. The lowest BCUT2D eigenvalue weighted by atomic mass is 9.96. The van der Waals surface area contributed by atoms with E-state index in [0.29, 0.717) is 31.7 Å². The van der Waals surface area contributed by atoms with Gasteiger partial charge in [0, 0.05) is 17.8 Å². The van der Waals surface area contributed by atoms with Crippen LogP contribution in [0.4, 0.5) is 5.69 Å². The van der Waals surface area contributed by atoms with Gasteiger partial charge in [0.05, 0.1) is 13.2 Å². The van der Waals surface area contributed by atoms with E-state index in [0.717, 1.165) is 23.2 Å². The van der Waals surface area contributed by atoms with Crippen LogP contribution in [0.15, 0.2) is 48.5 Å². The van der Waals surface area contributed by atoms with Crippen LogP contribution in [0.5, 0.6) is 0 Å². The molecule has 5 nitrogen and oxygen atoms in total. The Hall–Kier alpha value is -2.66. The van der Waals surface area contributed by atoms with Gasteiger partial charge in [-0.1, -0.05) is 30.3 Å². The molecule has 5 heteroatoms. The minimum Gasteiger partial charge on any atom is -0.376 e. The number of nitrogens with zero attached hydrogens (tertiary/aromatic N) is 1. The van der Waals surface area contributed by atoms with Crippen molar-refractivity contribution in [2.45, 2.75) is 25.5 Å². The molecule has 128 valence electrons. The topological polar surface area (TPSA) is 58.6 Å². The van der Waals surface area contributed by atoms with Gasteiger partial charge in [0.15, 0.2) is 0 Å². The summed E-state index contributed by atoms with van der Waals surface area (Å²) >= 11 is 0. The second-order valence-corrected chi connectivity index (χ2v) is 6.39. The second-order valence-electron chi connectivity index (χ2n) is 6.39. The first-order chi connectivity index (χ1) is 12.2. The average Bonchev–Trinajstić information content (AvgIpc) is 3.02. The van der Waals surface area contributed by atoms with Crippen molar-refractivity contribution in [2.75, 3.05) is 18.1 Å². The predicted molar refractivity (Wildman–Crippen MR) is 94.5 cm³/mol.